The van der Waals surface area contributed by atoms with Crippen LogP contribution in [0.25, 0.3) is 0 Å². The number of piperidine rings is 1. The second kappa shape index (κ2) is 6.14. The van der Waals surface area contributed by atoms with E-state index in [0.29, 0.717) is 18.8 Å². The summed E-state index contributed by atoms with van der Waals surface area (Å²) in [7, 11) is 0. The number of carbonyl (C=O) groups excluding carboxylic acids is 1. The molecule has 2 rings (SSSR count). The molecule has 2 N–H and O–H groups in total. The number of amides is 1. The first-order valence-electron chi connectivity index (χ1n) is 6.57. The van der Waals surface area contributed by atoms with E-state index in [-0.39, 0.29) is 11.9 Å². The molecule has 106 valence electrons. The molecule has 4 nitrogen and oxygen atoms in total. The predicted molar refractivity (Wildman–Crippen MR) is 68.2 cm³/mol. The van der Waals surface area contributed by atoms with Gasteiger partial charge in [-0.05, 0) is 31.4 Å². The highest BCUT2D eigenvalue weighted by atomic mass is 19.3. The molecule has 1 amide bonds. The van der Waals surface area contributed by atoms with E-state index >= 15 is 0 Å². The van der Waals surface area contributed by atoms with Gasteiger partial charge in [-0.3, -0.25) is 4.79 Å². The molecular weight excluding hydrogens is 252 g/mol. The second-order valence-electron chi connectivity index (χ2n) is 4.82. The molecule has 1 aliphatic rings. The van der Waals surface area contributed by atoms with Crippen molar-refractivity contribution < 1.29 is 13.6 Å². The van der Waals surface area contributed by atoms with E-state index in [1.165, 1.54) is 10.8 Å². The van der Waals surface area contributed by atoms with Crippen LogP contribution in [0.2, 0.25) is 0 Å². The summed E-state index contributed by atoms with van der Waals surface area (Å²) < 4.78 is 26.2. The average Bonchev–Trinajstić information content (AvgIpc) is 2.85. The zero-order valence-electron chi connectivity index (χ0n) is 10.8. The number of nitrogens with two attached hydrogens (primary N) is 1. The summed E-state index contributed by atoms with van der Waals surface area (Å²) in [6, 6.07) is 3.24. The van der Waals surface area contributed by atoms with Crippen molar-refractivity contribution in [1.82, 2.24) is 9.47 Å². The molecule has 0 spiro atoms. The Morgan fingerprint density at radius 1 is 1.47 bits per heavy atom. The average molecular weight is 271 g/mol. The normalized spacial score (nSPS) is 20.0. The van der Waals surface area contributed by atoms with E-state index in [2.05, 4.69) is 0 Å². The molecule has 1 saturated heterocycles. The second-order valence-corrected chi connectivity index (χ2v) is 4.82. The van der Waals surface area contributed by atoms with Gasteiger partial charge in [-0.25, -0.2) is 8.78 Å². The van der Waals surface area contributed by atoms with Crippen molar-refractivity contribution in [2.75, 3.05) is 13.1 Å². The van der Waals surface area contributed by atoms with Crippen LogP contribution >= 0.6 is 0 Å². The number of carbonyl (C=O) groups is 1. The van der Waals surface area contributed by atoms with Crippen molar-refractivity contribution in [2.45, 2.75) is 38.3 Å². The van der Waals surface area contributed by atoms with Gasteiger partial charge in [0.1, 0.15) is 5.69 Å². The van der Waals surface area contributed by atoms with Crippen LogP contribution in [0.4, 0.5) is 8.78 Å². The largest absolute Gasteiger partial charge is 0.338 e. The summed E-state index contributed by atoms with van der Waals surface area (Å²) in [6.45, 7) is 0.622. The van der Waals surface area contributed by atoms with Crippen LogP contribution in [0.1, 0.15) is 29.8 Å². The number of hydrogen-bond acceptors (Lipinski definition) is 2. The lowest BCUT2D eigenvalue weighted by atomic mass is 10.0. The molecule has 1 aromatic rings. The monoisotopic (exact) mass is 271 g/mol. The van der Waals surface area contributed by atoms with Crippen molar-refractivity contribution in [3.63, 3.8) is 0 Å². The topological polar surface area (TPSA) is 51.3 Å². The smallest absolute Gasteiger partial charge is 0.270 e. The summed E-state index contributed by atoms with van der Waals surface area (Å²) in [5, 5.41) is 0. The highest BCUT2D eigenvalue weighted by molar-refractivity contribution is 5.93. The number of likely N-dealkylation sites (tertiary alicyclic amines) is 1. The van der Waals surface area contributed by atoms with Gasteiger partial charge < -0.3 is 15.2 Å². The molecule has 0 aromatic carbocycles. The van der Waals surface area contributed by atoms with Gasteiger partial charge in [0.25, 0.3) is 12.3 Å². The first-order valence-corrected chi connectivity index (χ1v) is 6.57. The Morgan fingerprint density at radius 3 is 2.95 bits per heavy atom. The fourth-order valence-corrected chi connectivity index (χ4v) is 2.58. The Morgan fingerprint density at radius 2 is 2.26 bits per heavy atom. The predicted octanol–water partition coefficient (Wildman–Crippen LogP) is 1.71. The van der Waals surface area contributed by atoms with Gasteiger partial charge in [-0.1, -0.05) is 0 Å². The van der Waals surface area contributed by atoms with Crippen LogP contribution in [-0.2, 0) is 6.54 Å². The van der Waals surface area contributed by atoms with Gasteiger partial charge >= 0.3 is 0 Å². The molecule has 1 aliphatic heterocycles. The highest BCUT2D eigenvalue weighted by Gasteiger charge is 2.28. The highest BCUT2D eigenvalue weighted by Crippen LogP contribution is 2.19. The molecule has 2 heterocycles. The van der Waals surface area contributed by atoms with E-state index in [1.54, 1.807) is 17.0 Å². The summed E-state index contributed by atoms with van der Waals surface area (Å²) in [5.41, 5.74) is 6.00. The molecule has 0 saturated carbocycles. The maximum atomic E-state index is 12.5. The van der Waals surface area contributed by atoms with Crippen LogP contribution in [0.15, 0.2) is 18.3 Å². The summed E-state index contributed by atoms with van der Waals surface area (Å²) in [4.78, 5) is 14.2. The Bertz CT molecular complexity index is 433. The van der Waals surface area contributed by atoms with E-state index in [4.69, 9.17) is 5.73 Å². The van der Waals surface area contributed by atoms with Gasteiger partial charge in [-0.2, -0.15) is 0 Å². The Balaban J connectivity index is 2.16. The lowest BCUT2D eigenvalue weighted by molar-refractivity contribution is 0.0604. The van der Waals surface area contributed by atoms with E-state index in [1.807, 2.05) is 0 Å². The van der Waals surface area contributed by atoms with E-state index in [9.17, 15) is 13.6 Å². The summed E-state index contributed by atoms with van der Waals surface area (Å²) >= 11 is 0. The maximum Gasteiger partial charge on any atom is 0.270 e. The van der Waals surface area contributed by atoms with Gasteiger partial charge in [-0.15, -0.1) is 0 Å². The number of halogens is 2. The van der Waals surface area contributed by atoms with Crippen LogP contribution in [0.5, 0.6) is 0 Å². The lowest BCUT2D eigenvalue weighted by Gasteiger charge is -2.35. The first-order chi connectivity index (χ1) is 9.13. The Kier molecular flexibility index (Phi) is 4.52. The lowest BCUT2D eigenvalue weighted by Crippen LogP contribution is -2.48. The molecule has 0 aliphatic carbocycles. The Hall–Kier alpha value is -1.43. The third-order valence-electron chi connectivity index (χ3n) is 3.54. The first kappa shape index (κ1) is 14.0. The number of alkyl halides is 2. The standard InChI is InChI=1S/C13H19F2N3O/c14-12(15)9-17-6-3-5-11(17)13(19)18-7-2-1-4-10(18)8-16/h3,5-6,10,12H,1-2,4,7-9,16H2. The van der Waals surface area contributed by atoms with E-state index < -0.39 is 13.0 Å². The quantitative estimate of drug-likeness (QED) is 0.906. The zero-order chi connectivity index (χ0) is 13.8. The fraction of sp³-hybridized carbons (Fsp3) is 0.615. The van der Waals surface area contributed by atoms with Crippen LogP contribution in [0.3, 0.4) is 0 Å². The van der Waals surface area contributed by atoms with Crippen LogP contribution < -0.4 is 5.73 Å². The summed E-state index contributed by atoms with van der Waals surface area (Å²) in [5.74, 6) is -0.194. The zero-order valence-corrected chi connectivity index (χ0v) is 10.8. The van der Waals surface area contributed by atoms with Gasteiger partial charge in [0.2, 0.25) is 0 Å². The molecule has 1 atom stereocenters. The third-order valence-corrected chi connectivity index (χ3v) is 3.54. The SMILES string of the molecule is NCC1CCCCN1C(=O)c1cccn1CC(F)F. The number of nitrogens with zero attached hydrogens (tertiary/aromatic N) is 2. The molecule has 1 unspecified atom stereocenters. The van der Waals surface area contributed by atoms with Crippen molar-refractivity contribution >= 4 is 5.91 Å². The van der Waals surface area contributed by atoms with Crippen molar-refractivity contribution in [3.8, 4) is 0 Å². The van der Waals surface area contributed by atoms with E-state index in [0.717, 1.165) is 19.3 Å². The maximum absolute atomic E-state index is 12.5. The minimum absolute atomic E-state index is 0.0242. The fourth-order valence-electron chi connectivity index (χ4n) is 2.58. The molecule has 0 bridgehead atoms. The number of aromatic nitrogens is 1. The van der Waals surface area contributed by atoms with Crippen LogP contribution in [0, 0.1) is 0 Å². The van der Waals surface area contributed by atoms with Gasteiger partial charge in [0.05, 0.1) is 6.54 Å². The summed E-state index contributed by atoms with van der Waals surface area (Å²) in [6.07, 6.45) is 1.94. The van der Waals surface area contributed by atoms with Crippen molar-refractivity contribution in [3.05, 3.63) is 24.0 Å². The molecule has 1 aromatic heterocycles. The third kappa shape index (κ3) is 3.12. The van der Waals surface area contributed by atoms with Crippen molar-refractivity contribution in [1.29, 1.82) is 0 Å². The molecule has 0 radical (unpaired) electrons. The number of rotatable bonds is 4. The molecule has 6 heteroatoms. The number of hydrogen-bond donors (Lipinski definition) is 1. The van der Waals surface area contributed by atoms with Crippen LogP contribution in [-0.4, -0.2) is 40.9 Å². The molecular formula is C13H19F2N3O. The van der Waals surface area contributed by atoms with Gasteiger partial charge in [0, 0.05) is 25.3 Å². The minimum Gasteiger partial charge on any atom is -0.338 e. The van der Waals surface area contributed by atoms with Crippen molar-refractivity contribution in [2.24, 2.45) is 5.73 Å². The Labute approximate surface area is 111 Å². The minimum atomic E-state index is -2.47. The molecule has 19 heavy (non-hydrogen) atoms. The molecule has 1 fully saturated rings. The van der Waals surface area contributed by atoms with Gasteiger partial charge in [0.15, 0.2) is 0 Å².